The molecule has 277 valence electrons. The first-order chi connectivity index (χ1) is 27.6. The van der Waals surface area contributed by atoms with Crippen LogP contribution in [0.1, 0.15) is 35.1 Å². The Hall–Kier alpha value is -5.45. The van der Waals surface area contributed by atoms with Crippen molar-refractivity contribution in [1.82, 2.24) is 19.8 Å². The van der Waals surface area contributed by atoms with Crippen LogP contribution in [0.5, 0.6) is 0 Å². The molecule has 2 aromatic heterocycles. The highest BCUT2D eigenvalue weighted by molar-refractivity contribution is 6.59. The SMILES string of the molecule is OO[B]c1ccccc1CN(CCCCN(Cc1ccccc1B(O)O)Cc1c2ccccc2nc2ccccc12)Cc1c2ccccc2nc2ccccc12. The highest BCUT2D eigenvalue weighted by Gasteiger charge is 2.20. The lowest BCUT2D eigenvalue weighted by Crippen LogP contribution is -2.36. The van der Waals surface area contributed by atoms with Crippen molar-refractivity contribution in [2.24, 2.45) is 0 Å². The van der Waals surface area contributed by atoms with E-state index >= 15 is 0 Å². The van der Waals surface area contributed by atoms with Gasteiger partial charge in [0.1, 0.15) is 0 Å². The molecule has 10 heteroatoms. The number of aromatic nitrogens is 2. The molecule has 56 heavy (non-hydrogen) atoms. The fourth-order valence-electron chi connectivity index (χ4n) is 8.00. The van der Waals surface area contributed by atoms with Gasteiger partial charge in [0, 0.05) is 47.7 Å². The van der Waals surface area contributed by atoms with Gasteiger partial charge in [-0.15, -0.1) is 0 Å². The molecule has 0 unspecified atom stereocenters. The molecule has 0 bridgehead atoms. The zero-order valence-corrected chi connectivity index (χ0v) is 31.2. The van der Waals surface area contributed by atoms with Gasteiger partial charge >= 0.3 is 14.6 Å². The number of unbranched alkanes of at least 4 members (excludes halogenated alkanes) is 1. The number of fused-ring (bicyclic) bond motifs is 4. The lowest BCUT2D eigenvalue weighted by Gasteiger charge is -2.27. The van der Waals surface area contributed by atoms with Crippen LogP contribution in [0.3, 0.4) is 0 Å². The Kier molecular flexibility index (Phi) is 11.8. The second-order valence-electron chi connectivity index (χ2n) is 14.4. The van der Waals surface area contributed by atoms with Crippen molar-refractivity contribution in [3.05, 3.63) is 168 Å². The minimum Gasteiger partial charge on any atom is -0.423 e. The number of para-hydroxylation sites is 4. The molecule has 0 atom stereocenters. The zero-order chi connectivity index (χ0) is 38.3. The molecule has 2 heterocycles. The van der Waals surface area contributed by atoms with Gasteiger partial charge < -0.3 is 14.9 Å². The van der Waals surface area contributed by atoms with Crippen molar-refractivity contribution in [2.75, 3.05) is 13.1 Å². The van der Waals surface area contributed by atoms with Gasteiger partial charge in [0.15, 0.2) is 0 Å². The van der Waals surface area contributed by atoms with Gasteiger partial charge in [0.2, 0.25) is 0 Å². The van der Waals surface area contributed by atoms with Gasteiger partial charge in [0.25, 0.3) is 0 Å². The Balaban J connectivity index is 1.09. The minimum absolute atomic E-state index is 0.521. The molecule has 3 N–H and O–H groups in total. The van der Waals surface area contributed by atoms with Crippen molar-refractivity contribution in [1.29, 1.82) is 0 Å². The molecule has 8 nitrogen and oxygen atoms in total. The molecule has 6 aromatic carbocycles. The van der Waals surface area contributed by atoms with Crippen LogP contribution in [-0.2, 0) is 31.0 Å². The van der Waals surface area contributed by atoms with E-state index in [1.807, 2.05) is 60.7 Å². The van der Waals surface area contributed by atoms with Crippen LogP contribution in [0.4, 0.5) is 0 Å². The van der Waals surface area contributed by atoms with Crippen molar-refractivity contribution in [3.63, 3.8) is 0 Å². The van der Waals surface area contributed by atoms with E-state index in [1.165, 1.54) is 18.6 Å². The topological polar surface area (TPSA) is 102 Å². The van der Waals surface area contributed by atoms with Crippen molar-refractivity contribution >= 4 is 69.1 Å². The molecule has 0 saturated heterocycles. The lowest BCUT2D eigenvalue weighted by atomic mass is 9.77. The van der Waals surface area contributed by atoms with Gasteiger partial charge in [0.05, 0.1) is 22.1 Å². The maximum absolute atomic E-state index is 10.3. The normalized spacial score (nSPS) is 11.7. The highest BCUT2D eigenvalue weighted by Crippen LogP contribution is 2.30. The summed E-state index contributed by atoms with van der Waals surface area (Å²) >= 11 is 0. The lowest BCUT2D eigenvalue weighted by molar-refractivity contribution is -0.135. The number of nitrogens with zero attached hydrogens (tertiary/aromatic N) is 4. The van der Waals surface area contributed by atoms with Crippen LogP contribution < -0.4 is 10.9 Å². The summed E-state index contributed by atoms with van der Waals surface area (Å²) in [7, 11) is -0.170. The maximum atomic E-state index is 10.3. The predicted molar refractivity (Wildman–Crippen MR) is 228 cm³/mol. The minimum atomic E-state index is -1.55. The van der Waals surface area contributed by atoms with E-state index < -0.39 is 7.12 Å². The highest BCUT2D eigenvalue weighted by atomic mass is 17.1. The van der Waals surface area contributed by atoms with Gasteiger partial charge in [-0.2, -0.15) is 0 Å². The average molecular weight is 737 g/mol. The molecule has 0 spiro atoms. The largest absolute Gasteiger partial charge is 0.488 e. The van der Waals surface area contributed by atoms with Gasteiger partial charge in [-0.1, -0.05) is 121 Å². The summed E-state index contributed by atoms with van der Waals surface area (Å²) in [5.74, 6) is 0. The summed E-state index contributed by atoms with van der Waals surface area (Å²) in [6.45, 7) is 4.20. The van der Waals surface area contributed by atoms with E-state index in [0.29, 0.717) is 31.6 Å². The van der Waals surface area contributed by atoms with E-state index in [4.69, 9.17) is 9.97 Å². The van der Waals surface area contributed by atoms with E-state index in [1.54, 1.807) is 6.07 Å². The van der Waals surface area contributed by atoms with Crippen LogP contribution >= 0.6 is 0 Å². The molecular formula is C46H43B2N4O4. The fraction of sp³-hybridized carbons (Fsp3) is 0.174. The molecular weight excluding hydrogens is 694 g/mol. The fourth-order valence-corrected chi connectivity index (χ4v) is 8.00. The van der Waals surface area contributed by atoms with Gasteiger partial charge in [-0.25, -0.2) is 9.97 Å². The molecule has 1 radical (unpaired) electrons. The van der Waals surface area contributed by atoms with Crippen LogP contribution in [0.15, 0.2) is 146 Å². The third-order valence-corrected chi connectivity index (χ3v) is 10.7. The van der Waals surface area contributed by atoms with E-state index in [9.17, 15) is 15.3 Å². The monoisotopic (exact) mass is 737 g/mol. The first kappa shape index (κ1) is 37.5. The van der Waals surface area contributed by atoms with Gasteiger partial charge in [-0.05, 0) is 83.4 Å². The van der Waals surface area contributed by atoms with Crippen LogP contribution in [0.2, 0.25) is 0 Å². The van der Waals surface area contributed by atoms with E-state index in [-0.39, 0.29) is 0 Å². The van der Waals surface area contributed by atoms with Crippen molar-refractivity contribution in [3.8, 4) is 0 Å². The summed E-state index contributed by atoms with van der Waals surface area (Å²) in [6.07, 6.45) is 1.83. The number of pyridine rings is 2. The Morgan fingerprint density at radius 3 is 1.34 bits per heavy atom. The predicted octanol–water partition coefficient (Wildman–Crippen LogP) is 6.99. The Morgan fingerprint density at radius 2 is 0.875 bits per heavy atom. The maximum Gasteiger partial charge on any atom is 0.488 e. The smallest absolute Gasteiger partial charge is 0.423 e. The Labute approximate surface area is 328 Å². The molecule has 8 aromatic rings. The molecule has 0 aliphatic rings. The molecule has 8 rings (SSSR count). The average Bonchev–Trinajstić information content (AvgIpc) is 3.23. The summed E-state index contributed by atoms with van der Waals surface area (Å²) < 4.78 is 0. The van der Waals surface area contributed by atoms with Crippen LogP contribution in [0, 0.1) is 0 Å². The summed E-state index contributed by atoms with van der Waals surface area (Å²) in [6, 6.07) is 48.9. The Bertz CT molecular complexity index is 2500. The number of benzene rings is 6. The second-order valence-corrected chi connectivity index (χ2v) is 14.4. The molecule has 0 aliphatic carbocycles. The summed E-state index contributed by atoms with van der Waals surface area (Å²) in [5, 5.41) is 34.4. The molecule has 0 aliphatic heterocycles. The third-order valence-electron chi connectivity index (χ3n) is 10.7. The van der Waals surface area contributed by atoms with Crippen molar-refractivity contribution in [2.45, 2.75) is 39.0 Å². The molecule has 0 amide bonds. The summed E-state index contributed by atoms with van der Waals surface area (Å²) in [5.41, 5.74) is 9.63. The standard InChI is InChI=1S/C46H43B2N4O4/c53-48(54)42-22-8-2-16-34(42)30-52(32-40-37-19-5-11-25-45(37)50-46-26-12-6-20-38(40)46)28-14-13-27-51(29-33-15-1-7-21-41(33)47-56-55)31-39-35-17-3-9-23-43(35)49-44-24-10-4-18-36(39)44/h1-12,15-26,53-55H,13-14,27-32H2. The van der Waals surface area contributed by atoms with E-state index in [0.717, 1.165) is 86.1 Å². The molecule has 0 saturated carbocycles. The first-order valence-electron chi connectivity index (χ1n) is 19.2. The van der Waals surface area contributed by atoms with Crippen molar-refractivity contribution < 1.29 is 20.1 Å². The van der Waals surface area contributed by atoms with Gasteiger partial charge in [-0.3, -0.25) is 15.1 Å². The van der Waals surface area contributed by atoms with Crippen LogP contribution in [-0.4, -0.2) is 62.8 Å². The van der Waals surface area contributed by atoms with Crippen LogP contribution in [0.25, 0.3) is 43.6 Å². The quantitative estimate of drug-likeness (QED) is 0.0321. The molecule has 0 fully saturated rings. The first-order valence-corrected chi connectivity index (χ1v) is 19.2. The Morgan fingerprint density at radius 1 is 0.482 bits per heavy atom. The third kappa shape index (κ3) is 8.37. The zero-order valence-electron chi connectivity index (χ0n) is 31.2. The summed E-state index contributed by atoms with van der Waals surface area (Å²) in [4.78, 5) is 19.3. The number of hydrogen-bond acceptors (Lipinski definition) is 8. The number of rotatable bonds is 16. The van der Waals surface area contributed by atoms with E-state index in [2.05, 4.69) is 93.5 Å². The second kappa shape index (κ2) is 17.6. The number of hydrogen-bond donors (Lipinski definition) is 3.